The van der Waals surface area contributed by atoms with Gasteiger partial charge in [0, 0.05) is 24.7 Å². The normalized spacial score (nSPS) is 15.3. The van der Waals surface area contributed by atoms with E-state index in [-0.39, 0.29) is 34.8 Å². The van der Waals surface area contributed by atoms with Gasteiger partial charge in [0.15, 0.2) is 0 Å². The zero-order valence-corrected chi connectivity index (χ0v) is 18.9. The average Bonchev–Trinajstić information content (AvgIpc) is 2.81. The average molecular weight is 471 g/mol. The molecule has 1 fully saturated rings. The van der Waals surface area contributed by atoms with E-state index in [9.17, 15) is 13.2 Å². The van der Waals surface area contributed by atoms with Crippen LogP contribution >= 0.6 is 11.6 Å². The van der Waals surface area contributed by atoms with Crippen LogP contribution in [0.1, 0.15) is 12.8 Å². The lowest BCUT2D eigenvalue weighted by Crippen LogP contribution is -2.41. The Morgan fingerprint density at radius 3 is 2.12 bits per heavy atom. The number of ether oxygens (including phenoxy) is 1. The van der Waals surface area contributed by atoms with Crippen LogP contribution in [0, 0.1) is 5.92 Å². The molecule has 0 unspecified atom stereocenters. The van der Waals surface area contributed by atoms with E-state index in [4.69, 9.17) is 16.3 Å². The van der Waals surface area contributed by atoms with Crippen molar-refractivity contribution < 1.29 is 17.9 Å². The first-order valence-corrected chi connectivity index (χ1v) is 12.1. The van der Waals surface area contributed by atoms with Crippen molar-refractivity contribution in [2.75, 3.05) is 18.4 Å². The minimum atomic E-state index is -3.68. The minimum Gasteiger partial charge on any atom is -0.457 e. The predicted molar refractivity (Wildman–Crippen MR) is 125 cm³/mol. The van der Waals surface area contributed by atoms with Crippen molar-refractivity contribution in [3.8, 4) is 11.5 Å². The molecule has 4 rings (SSSR count). The van der Waals surface area contributed by atoms with Gasteiger partial charge in [-0.05, 0) is 61.4 Å². The Balaban J connectivity index is 1.32. The van der Waals surface area contributed by atoms with Crippen molar-refractivity contribution in [2.24, 2.45) is 5.92 Å². The van der Waals surface area contributed by atoms with Crippen LogP contribution in [0.25, 0.3) is 0 Å². The summed E-state index contributed by atoms with van der Waals surface area (Å²) in [4.78, 5) is 12.8. The fraction of sp³-hybridized carbons (Fsp3) is 0.208. The van der Waals surface area contributed by atoms with Gasteiger partial charge < -0.3 is 10.1 Å². The molecule has 1 heterocycles. The molecule has 1 saturated heterocycles. The van der Waals surface area contributed by atoms with Crippen LogP contribution in [-0.2, 0) is 14.8 Å². The van der Waals surface area contributed by atoms with Gasteiger partial charge >= 0.3 is 0 Å². The number of nitrogens with zero attached hydrogens (tertiary/aromatic N) is 1. The second kappa shape index (κ2) is 9.73. The summed E-state index contributed by atoms with van der Waals surface area (Å²) in [5, 5.41) is 3.11. The summed E-state index contributed by atoms with van der Waals surface area (Å²) >= 11 is 6.07. The van der Waals surface area contributed by atoms with Gasteiger partial charge in [0.25, 0.3) is 0 Å². The number of hydrogen-bond acceptors (Lipinski definition) is 4. The summed E-state index contributed by atoms with van der Waals surface area (Å²) in [6.45, 7) is 0.547. The molecule has 6 nitrogen and oxygen atoms in total. The first kappa shape index (κ1) is 22.3. The van der Waals surface area contributed by atoms with Crippen LogP contribution in [0.3, 0.4) is 0 Å². The molecule has 3 aromatic rings. The van der Waals surface area contributed by atoms with Gasteiger partial charge in [-0.2, -0.15) is 4.31 Å². The van der Waals surface area contributed by atoms with E-state index in [1.54, 1.807) is 42.5 Å². The maximum absolute atomic E-state index is 12.9. The predicted octanol–water partition coefficient (Wildman–Crippen LogP) is 5.17. The van der Waals surface area contributed by atoms with Crippen molar-refractivity contribution >= 4 is 33.2 Å². The summed E-state index contributed by atoms with van der Waals surface area (Å²) in [6, 6.07) is 23.0. The Kier molecular flexibility index (Phi) is 6.79. The van der Waals surface area contributed by atoms with Crippen molar-refractivity contribution in [3.63, 3.8) is 0 Å². The van der Waals surface area contributed by atoms with Crippen LogP contribution in [-0.4, -0.2) is 31.7 Å². The molecule has 1 aliphatic rings. The fourth-order valence-corrected chi connectivity index (χ4v) is 5.59. The lowest BCUT2D eigenvalue weighted by molar-refractivity contribution is -0.120. The number of sulfonamides is 1. The molecule has 0 atom stereocenters. The third-order valence-electron chi connectivity index (χ3n) is 5.38. The van der Waals surface area contributed by atoms with Crippen LogP contribution in [0.2, 0.25) is 5.02 Å². The molecule has 1 N–H and O–H groups in total. The van der Waals surface area contributed by atoms with Crippen molar-refractivity contribution in [1.82, 2.24) is 4.31 Å². The Bertz CT molecular complexity index is 1180. The van der Waals surface area contributed by atoms with Gasteiger partial charge in [-0.1, -0.05) is 41.9 Å². The number of para-hydroxylation sites is 1. The molecule has 0 aromatic heterocycles. The van der Waals surface area contributed by atoms with Gasteiger partial charge in [-0.3, -0.25) is 4.79 Å². The molecular formula is C24H23ClN2O4S. The number of carbonyl (C=O) groups excluding carboxylic acids is 1. The Labute approximate surface area is 192 Å². The van der Waals surface area contributed by atoms with Gasteiger partial charge in [0.2, 0.25) is 15.9 Å². The third kappa shape index (κ3) is 5.12. The summed E-state index contributed by atoms with van der Waals surface area (Å²) in [7, 11) is -3.68. The van der Waals surface area contributed by atoms with E-state index in [1.165, 1.54) is 10.4 Å². The Morgan fingerprint density at radius 2 is 1.47 bits per heavy atom. The topological polar surface area (TPSA) is 75.7 Å². The maximum atomic E-state index is 12.9. The van der Waals surface area contributed by atoms with Crippen molar-refractivity contribution in [3.05, 3.63) is 83.9 Å². The highest BCUT2D eigenvalue weighted by Crippen LogP contribution is 2.29. The molecule has 0 aliphatic carbocycles. The van der Waals surface area contributed by atoms with E-state index in [2.05, 4.69) is 5.32 Å². The molecule has 8 heteroatoms. The van der Waals surface area contributed by atoms with Crippen molar-refractivity contribution in [1.29, 1.82) is 0 Å². The van der Waals surface area contributed by atoms with Gasteiger partial charge in [-0.15, -0.1) is 0 Å². The molecule has 0 saturated carbocycles. The number of anilines is 1. The summed E-state index contributed by atoms with van der Waals surface area (Å²) in [5.41, 5.74) is 0.668. The summed E-state index contributed by atoms with van der Waals surface area (Å²) in [5.74, 6) is 1.04. The zero-order valence-electron chi connectivity index (χ0n) is 17.3. The molecule has 1 aliphatic heterocycles. The highest BCUT2D eigenvalue weighted by atomic mass is 35.5. The molecule has 3 aromatic carbocycles. The smallest absolute Gasteiger partial charge is 0.244 e. The number of benzene rings is 3. The number of halogens is 1. The van der Waals surface area contributed by atoms with Crippen LogP contribution in [0.5, 0.6) is 11.5 Å². The molecule has 1 amide bonds. The Hall–Kier alpha value is -2.87. The largest absolute Gasteiger partial charge is 0.457 e. The molecule has 0 spiro atoms. The van der Waals surface area contributed by atoms with Crippen LogP contribution in [0.15, 0.2) is 83.8 Å². The molecule has 166 valence electrons. The van der Waals surface area contributed by atoms with Crippen LogP contribution in [0.4, 0.5) is 5.69 Å². The lowest BCUT2D eigenvalue weighted by atomic mass is 9.97. The summed E-state index contributed by atoms with van der Waals surface area (Å²) < 4.78 is 32.9. The Morgan fingerprint density at radius 1 is 0.875 bits per heavy atom. The second-order valence-electron chi connectivity index (χ2n) is 7.54. The van der Waals surface area contributed by atoms with E-state index in [0.29, 0.717) is 24.3 Å². The van der Waals surface area contributed by atoms with Gasteiger partial charge in [0.1, 0.15) is 16.4 Å². The van der Waals surface area contributed by atoms with E-state index in [1.807, 2.05) is 30.3 Å². The quantitative estimate of drug-likeness (QED) is 0.539. The zero-order chi connectivity index (χ0) is 22.6. The monoisotopic (exact) mass is 470 g/mol. The van der Waals surface area contributed by atoms with Crippen LogP contribution < -0.4 is 10.1 Å². The van der Waals surface area contributed by atoms with E-state index < -0.39 is 10.0 Å². The van der Waals surface area contributed by atoms with Gasteiger partial charge in [-0.25, -0.2) is 8.42 Å². The summed E-state index contributed by atoms with van der Waals surface area (Å²) in [6.07, 6.45) is 0.898. The number of amides is 1. The molecule has 32 heavy (non-hydrogen) atoms. The second-order valence-corrected chi connectivity index (χ2v) is 9.85. The number of nitrogens with one attached hydrogen (secondary N) is 1. The number of hydrogen-bond donors (Lipinski definition) is 1. The highest BCUT2D eigenvalue weighted by molar-refractivity contribution is 7.89. The van der Waals surface area contributed by atoms with E-state index >= 15 is 0 Å². The highest BCUT2D eigenvalue weighted by Gasteiger charge is 2.33. The molecule has 0 bridgehead atoms. The van der Waals surface area contributed by atoms with Gasteiger partial charge in [0.05, 0.1) is 5.02 Å². The first-order valence-electron chi connectivity index (χ1n) is 10.3. The molecule has 0 radical (unpaired) electrons. The van der Waals surface area contributed by atoms with Crippen molar-refractivity contribution in [2.45, 2.75) is 17.7 Å². The minimum absolute atomic E-state index is 0.0994. The number of carbonyl (C=O) groups is 1. The lowest BCUT2D eigenvalue weighted by Gasteiger charge is -2.30. The fourth-order valence-electron chi connectivity index (χ4n) is 3.63. The molecular weight excluding hydrogens is 448 g/mol. The first-order chi connectivity index (χ1) is 15.4. The number of piperidine rings is 1. The number of rotatable bonds is 6. The SMILES string of the molecule is O=C(Nc1ccc(Oc2ccccc2)cc1)C1CCN(S(=O)(=O)c2ccccc2Cl)CC1. The van der Waals surface area contributed by atoms with E-state index in [0.717, 1.165) is 5.75 Å². The maximum Gasteiger partial charge on any atom is 0.244 e. The third-order valence-corrected chi connectivity index (χ3v) is 7.78. The standard InChI is InChI=1S/C24H23ClN2O4S/c25-22-8-4-5-9-23(22)32(29,30)27-16-14-18(15-17-27)24(28)26-19-10-12-21(13-11-19)31-20-6-2-1-3-7-20/h1-13,18H,14-17H2,(H,26,28).